The van der Waals surface area contributed by atoms with Gasteiger partial charge in [0, 0.05) is 24.7 Å². The number of carboxylic acid groups (broad SMARTS) is 1. The molecule has 0 spiro atoms. The van der Waals surface area contributed by atoms with E-state index in [0.717, 1.165) is 11.3 Å². The molecule has 9 heteroatoms. The number of hydrogen-bond donors (Lipinski definition) is 1. The Kier molecular flexibility index (Phi) is 5.31. The maximum atomic E-state index is 13.1. The second-order valence-corrected chi connectivity index (χ2v) is 6.60. The van der Waals surface area contributed by atoms with Crippen LogP contribution >= 0.6 is 11.3 Å². The van der Waals surface area contributed by atoms with Gasteiger partial charge in [-0.1, -0.05) is 6.07 Å². The number of rotatable bonds is 6. The highest BCUT2D eigenvalue weighted by molar-refractivity contribution is 7.17. The van der Waals surface area contributed by atoms with Gasteiger partial charge in [0.25, 0.3) is 5.56 Å². The molecule has 3 heterocycles. The van der Waals surface area contributed by atoms with E-state index < -0.39 is 11.5 Å². The standard InChI is InChI=1S/C18H18N4O4S/c1-3-21(4-2)13(23)9-22-15(12-7-5-6-8-19-12)20-16-14(17(22)24)11(10-27-16)18(25)26/h5-8,10H,3-4,9H2,1-2H3,(H,25,26). The summed E-state index contributed by atoms with van der Waals surface area (Å²) < 4.78 is 1.21. The van der Waals surface area contributed by atoms with Gasteiger partial charge in [-0.25, -0.2) is 9.78 Å². The zero-order valence-electron chi connectivity index (χ0n) is 14.9. The SMILES string of the molecule is CCN(CC)C(=O)Cn1c(-c2ccccn2)nc2scc(C(=O)O)c2c1=O. The monoisotopic (exact) mass is 386 g/mol. The number of likely N-dealkylation sites (N-methyl/N-ethyl adjacent to an activating group) is 1. The Hall–Kier alpha value is -3.07. The molecule has 0 atom stereocenters. The lowest BCUT2D eigenvalue weighted by Gasteiger charge is -2.20. The molecule has 0 bridgehead atoms. The number of pyridine rings is 1. The number of carboxylic acids is 1. The zero-order valence-corrected chi connectivity index (χ0v) is 15.7. The third-order valence-corrected chi connectivity index (χ3v) is 5.10. The number of fused-ring (bicyclic) bond motifs is 1. The summed E-state index contributed by atoms with van der Waals surface area (Å²) in [5, 5.41) is 10.8. The number of nitrogens with zero attached hydrogens (tertiary/aromatic N) is 4. The Morgan fingerprint density at radius 3 is 2.59 bits per heavy atom. The summed E-state index contributed by atoms with van der Waals surface area (Å²) in [5.74, 6) is -1.20. The van der Waals surface area contributed by atoms with Gasteiger partial charge >= 0.3 is 5.97 Å². The first kappa shape index (κ1) is 18.7. The molecular formula is C18H18N4O4S. The number of aromatic nitrogens is 3. The fourth-order valence-corrected chi connectivity index (χ4v) is 3.73. The van der Waals surface area contributed by atoms with Crippen molar-refractivity contribution < 1.29 is 14.7 Å². The van der Waals surface area contributed by atoms with E-state index in [4.69, 9.17) is 0 Å². The highest BCUT2D eigenvalue weighted by Crippen LogP contribution is 2.24. The van der Waals surface area contributed by atoms with Crippen LogP contribution in [-0.4, -0.2) is 49.5 Å². The molecule has 27 heavy (non-hydrogen) atoms. The van der Waals surface area contributed by atoms with Gasteiger partial charge < -0.3 is 10.0 Å². The third-order valence-electron chi connectivity index (χ3n) is 4.23. The lowest BCUT2D eigenvalue weighted by Crippen LogP contribution is -2.37. The minimum absolute atomic E-state index is 0.0135. The lowest BCUT2D eigenvalue weighted by molar-refractivity contribution is -0.131. The van der Waals surface area contributed by atoms with E-state index in [2.05, 4.69) is 9.97 Å². The molecule has 1 amide bonds. The normalized spacial score (nSPS) is 10.9. The van der Waals surface area contributed by atoms with E-state index in [-0.39, 0.29) is 29.2 Å². The van der Waals surface area contributed by atoms with Crippen molar-refractivity contribution in [2.45, 2.75) is 20.4 Å². The summed E-state index contributed by atoms with van der Waals surface area (Å²) >= 11 is 1.08. The maximum Gasteiger partial charge on any atom is 0.337 e. The predicted molar refractivity (Wildman–Crippen MR) is 102 cm³/mol. The number of carbonyl (C=O) groups excluding carboxylic acids is 1. The molecule has 0 fully saturated rings. The molecule has 140 valence electrons. The van der Waals surface area contributed by atoms with Crippen LogP contribution in [0.2, 0.25) is 0 Å². The van der Waals surface area contributed by atoms with Gasteiger partial charge in [-0.2, -0.15) is 0 Å². The van der Waals surface area contributed by atoms with Crippen LogP contribution in [0, 0.1) is 0 Å². The first-order valence-electron chi connectivity index (χ1n) is 8.42. The van der Waals surface area contributed by atoms with Gasteiger partial charge in [-0.05, 0) is 26.0 Å². The topological polar surface area (TPSA) is 105 Å². The second-order valence-electron chi connectivity index (χ2n) is 5.74. The molecule has 8 nitrogen and oxygen atoms in total. The van der Waals surface area contributed by atoms with Crippen LogP contribution in [0.4, 0.5) is 0 Å². The molecule has 1 N–H and O–H groups in total. The number of carbonyl (C=O) groups is 2. The van der Waals surface area contributed by atoms with Crippen LogP contribution in [0.25, 0.3) is 21.7 Å². The number of amides is 1. The van der Waals surface area contributed by atoms with Gasteiger partial charge in [-0.15, -0.1) is 11.3 Å². The third kappa shape index (κ3) is 3.45. The molecule has 0 aromatic carbocycles. The molecule has 0 unspecified atom stereocenters. The van der Waals surface area contributed by atoms with Gasteiger partial charge in [0.2, 0.25) is 5.91 Å². The summed E-state index contributed by atoms with van der Waals surface area (Å²) in [6, 6.07) is 5.18. The summed E-state index contributed by atoms with van der Waals surface area (Å²) in [6.45, 7) is 4.50. The van der Waals surface area contributed by atoms with Crippen LogP contribution in [-0.2, 0) is 11.3 Å². The minimum atomic E-state index is -1.20. The average Bonchev–Trinajstić information content (AvgIpc) is 3.10. The molecule has 0 saturated carbocycles. The Bertz CT molecular complexity index is 1050. The van der Waals surface area contributed by atoms with Gasteiger partial charge in [0.1, 0.15) is 17.1 Å². The summed E-state index contributed by atoms with van der Waals surface area (Å²) in [5.41, 5.74) is -0.224. The average molecular weight is 386 g/mol. The van der Waals surface area contributed by atoms with E-state index in [1.165, 1.54) is 9.95 Å². The van der Waals surface area contributed by atoms with E-state index in [1.807, 2.05) is 13.8 Å². The van der Waals surface area contributed by atoms with Gasteiger partial charge in [0.15, 0.2) is 5.82 Å². The van der Waals surface area contributed by atoms with Crippen molar-refractivity contribution in [3.05, 3.63) is 45.7 Å². The summed E-state index contributed by atoms with van der Waals surface area (Å²) in [4.78, 5) is 47.8. The van der Waals surface area contributed by atoms with Crippen molar-refractivity contribution in [3.63, 3.8) is 0 Å². The highest BCUT2D eigenvalue weighted by Gasteiger charge is 2.23. The Labute approximate surface area is 158 Å². The number of hydrogen-bond acceptors (Lipinski definition) is 6. The van der Waals surface area contributed by atoms with E-state index in [9.17, 15) is 19.5 Å². The molecular weight excluding hydrogens is 368 g/mol. The van der Waals surface area contributed by atoms with Crippen molar-refractivity contribution in [2.24, 2.45) is 0 Å². The molecule has 3 rings (SSSR count). The van der Waals surface area contributed by atoms with Gasteiger partial charge in [0.05, 0.1) is 10.9 Å². The summed E-state index contributed by atoms with van der Waals surface area (Å²) in [7, 11) is 0. The highest BCUT2D eigenvalue weighted by atomic mass is 32.1. The fourth-order valence-electron chi connectivity index (χ4n) is 2.83. The molecule has 0 radical (unpaired) electrons. The van der Waals surface area contributed by atoms with Crippen molar-refractivity contribution in [1.82, 2.24) is 19.4 Å². The van der Waals surface area contributed by atoms with Crippen molar-refractivity contribution in [3.8, 4) is 11.5 Å². The molecule has 3 aromatic rings. The molecule has 0 aliphatic carbocycles. The Morgan fingerprint density at radius 2 is 2.00 bits per heavy atom. The number of thiophene rings is 1. The molecule has 3 aromatic heterocycles. The molecule has 0 saturated heterocycles. The minimum Gasteiger partial charge on any atom is -0.478 e. The van der Waals surface area contributed by atoms with Crippen molar-refractivity contribution >= 4 is 33.4 Å². The largest absolute Gasteiger partial charge is 0.478 e. The van der Waals surface area contributed by atoms with Gasteiger partial charge in [-0.3, -0.25) is 19.1 Å². The van der Waals surface area contributed by atoms with E-state index >= 15 is 0 Å². The number of aromatic carboxylic acids is 1. The fraction of sp³-hybridized carbons (Fsp3) is 0.278. The smallest absolute Gasteiger partial charge is 0.337 e. The molecule has 0 aliphatic rings. The van der Waals surface area contributed by atoms with E-state index in [1.54, 1.807) is 29.3 Å². The van der Waals surface area contributed by atoms with Crippen LogP contribution in [0.3, 0.4) is 0 Å². The van der Waals surface area contributed by atoms with Crippen LogP contribution < -0.4 is 5.56 Å². The van der Waals surface area contributed by atoms with Crippen LogP contribution in [0.1, 0.15) is 24.2 Å². The van der Waals surface area contributed by atoms with Crippen LogP contribution in [0.5, 0.6) is 0 Å². The zero-order chi connectivity index (χ0) is 19.6. The maximum absolute atomic E-state index is 13.1. The second kappa shape index (κ2) is 7.67. The van der Waals surface area contributed by atoms with Crippen molar-refractivity contribution in [2.75, 3.05) is 13.1 Å². The van der Waals surface area contributed by atoms with Crippen molar-refractivity contribution in [1.29, 1.82) is 0 Å². The first-order valence-corrected chi connectivity index (χ1v) is 9.30. The Morgan fingerprint density at radius 1 is 1.26 bits per heavy atom. The summed E-state index contributed by atoms with van der Waals surface area (Å²) in [6.07, 6.45) is 1.57. The van der Waals surface area contributed by atoms with E-state index in [0.29, 0.717) is 23.6 Å². The Balaban J connectivity index is 2.25. The quantitative estimate of drug-likeness (QED) is 0.695. The lowest BCUT2D eigenvalue weighted by atomic mass is 10.2. The predicted octanol–water partition coefficient (Wildman–Crippen LogP) is 2.09. The molecule has 0 aliphatic heterocycles. The van der Waals surface area contributed by atoms with Crippen LogP contribution in [0.15, 0.2) is 34.6 Å². The first-order chi connectivity index (χ1) is 13.0.